The minimum absolute atomic E-state index is 0.132. The van der Waals surface area contributed by atoms with Crippen molar-refractivity contribution in [3.8, 4) is 5.75 Å². The van der Waals surface area contributed by atoms with Gasteiger partial charge in [-0.05, 0) is 44.0 Å². The Balaban J connectivity index is 2.09. The summed E-state index contributed by atoms with van der Waals surface area (Å²) in [6, 6.07) is 6.37. The van der Waals surface area contributed by atoms with Crippen LogP contribution in [0.5, 0.6) is 5.75 Å². The molecular weight excluding hydrogens is 330 g/mol. The van der Waals surface area contributed by atoms with Crippen molar-refractivity contribution in [1.82, 2.24) is 9.62 Å². The molecule has 1 aliphatic rings. The van der Waals surface area contributed by atoms with E-state index >= 15 is 0 Å². The number of nitrogens with zero attached hydrogens (tertiary/aromatic N) is 1. The van der Waals surface area contributed by atoms with Gasteiger partial charge in [0, 0.05) is 26.2 Å². The molecule has 134 valence electrons. The van der Waals surface area contributed by atoms with Crippen molar-refractivity contribution in [3.05, 3.63) is 24.3 Å². The molecule has 0 bridgehead atoms. The Kier molecular flexibility index (Phi) is 6.59. The maximum atomic E-state index is 12.8. The third kappa shape index (κ3) is 4.46. The van der Waals surface area contributed by atoms with Crippen molar-refractivity contribution in [2.45, 2.75) is 24.7 Å². The Morgan fingerprint density at radius 2 is 2.08 bits per heavy atom. The molecule has 0 spiro atoms. The Labute approximate surface area is 143 Å². The van der Waals surface area contributed by atoms with Crippen LogP contribution in [0.1, 0.15) is 19.8 Å². The van der Waals surface area contributed by atoms with Crippen LogP contribution in [0.25, 0.3) is 0 Å². The van der Waals surface area contributed by atoms with E-state index in [0.29, 0.717) is 44.8 Å². The molecule has 1 heterocycles. The van der Waals surface area contributed by atoms with E-state index in [4.69, 9.17) is 10.5 Å². The van der Waals surface area contributed by atoms with Crippen LogP contribution in [0, 0.1) is 5.92 Å². The Morgan fingerprint density at radius 1 is 1.38 bits per heavy atom. The number of nitrogens with two attached hydrogens (primary N) is 1. The number of hydrogen-bond donors (Lipinski definition) is 2. The van der Waals surface area contributed by atoms with Crippen LogP contribution in [-0.2, 0) is 14.8 Å². The molecule has 1 fully saturated rings. The molecule has 7 nitrogen and oxygen atoms in total. The fourth-order valence-corrected chi connectivity index (χ4v) is 4.26. The molecule has 1 aromatic rings. The lowest BCUT2D eigenvalue weighted by Crippen LogP contribution is -2.46. The van der Waals surface area contributed by atoms with Crippen molar-refractivity contribution in [3.63, 3.8) is 0 Å². The summed E-state index contributed by atoms with van der Waals surface area (Å²) in [6.07, 6.45) is 1.35. The molecule has 1 amide bonds. The van der Waals surface area contributed by atoms with Gasteiger partial charge in [0.2, 0.25) is 15.9 Å². The van der Waals surface area contributed by atoms with E-state index in [9.17, 15) is 13.2 Å². The zero-order chi connectivity index (χ0) is 17.6. The van der Waals surface area contributed by atoms with E-state index in [1.54, 1.807) is 24.3 Å². The number of sulfonamides is 1. The second kappa shape index (κ2) is 8.46. The standard InChI is InChI=1S/C16H25N3O4S/c1-2-23-14-5-7-15(8-6-14)24(21,22)19-11-3-4-13(12-19)16(20)18-10-9-17/h5-8,13H,2-4,9-12,17H2,1H3,(H,18,20). The molecule has 24 heavy (non-hydrogen) atoms. The quantitative estimate of drug-likeness (QED) is 0.744. The Bertz CT molecular complexity index is 646. The molecule has 2 rings (SSSR count). The third-order valence-corrected chi connectivity index (χ3v) is 5.85. The van der Waals surface area contributed by atoms with E-state index in [0.717, 1.165) is 0 Å². The lowest BCUT2D eigenvalue weighted by molar-refractivity contribution is -0.126. The molecule has 0 aromatic heterocycles. The van der Waals surface area contributed by atoms with Crippen LogP contribution in [0.4, 0.5) is 0 Å². The first kappa shape index (κ1) is 18.7. The van der Waals surface area contributed by atoms with Crippen LogP contribution in [-0.4, -0.2) is 51.4 Å². The van der Waals surface area contributed by atoms with Gasteiger partial charge < -0.3 is 15.8 Å². The summed E-state index contributed by atoms with van der Waals surface area (Å²) in [5.41, 5.74) is 5.38. The number of amides is 1. The van der Waals surface area contributed by atoms with E-state index in [-0.39, 0.29) is 23.3 Å². The van der Waals surface area contributed by atoms with Crippen LogP contribution >= 0.6 is 0 Å². The molecule has 1 aromatic carbocycles. The SMILES string of the molecule is CCOc1ccc(S(=O)(=O)N2CCCC(C(=O)NCCN)C2)cc1. The van der Waals surface area contributed by atoms with E-state index < -0.39 is 10.0 Å². The number of carbonyl (C=O) groups is 1. The predicted octanol–water partition coefficient (Wildman–Crippen LogP) is 0.561. The first-order valence-corrected chi connectivity index (χ1v) is 9.63. The molecule has 1 aliphatic heterocycles. The maximum Gasteiger partial charge on any atom is 0.243 e. The molecule has 1 unspecified atom stereocenters. The number of ether oxygens (including phenoxy) is 1. The van der Waals surface area contributed by atoms with Crippen LogP contribution in [0.3, 0.4) is 0 Å². The molecule has 0 radical (unpaired) electrons. The topological polar surface area (TPSA) is 102 Å². The minimum Gasteiger partial charge on any atom is -0.494 e. The van der Waals surface area contributed by atoms with Gasteiger partial charge in [-0.1, -0.05) is 0 Å². The first-order chi connectivity index (χ1) is 11.5. The minimum atomic E-state index is -3.61. The van der Waals surface area contributed by atoms with E-state index in [1.807, 2.05) is 6.92 Å². The van der Waals surface area contributed by atoms with Gasteiger partial charge in [0.15, 0.2) is 0 Å². The van der Waals surface area contributed by atoms with Gasteiger partial charge in [0.05, 0.1) is 17.4 Å². The lowest BCUT2D eigenvalue weighted by Gasteiger charge is -2.31. The summed E-state index contributed by atoms with van der Waals surface area (Å²) in [5, 5.41) is 2.73. The highest BCUT2D eigenvalue weighted by molar-refractivity contribution is 7.89. The highest BCUT2D eigenvalue weighted by Crippen LogP contribution is 2.25. The summed E-state index contributed by atoms with van der Waals surface area (Å²) in [6.45, 7) is 3.79. The Morgan fingerprint density at radius 3 is 2.71 bits per heavy atom. The smallest absolute Gasteiger partial charge is 0.243 e. The molecule has 1 atom stereocenters. The second-order valence-electron chi connectivity index (χ2n) is 5.69. The van der Waals surface area contributed by atoms with E-state index in [2.05, 4.69) is 5.32 Å². The molecule has 3 N–H and O–H groups in total. The van der Waals surface area contributed by atoms with Gasteiger partial charge in [0.1, 0.15) is 5.75 Å². The normalized spacial score (nSPS) is 19.0. The average molecular weight is 355 g/mol. The molecule has 8 heteroatoms. The summed E-state index contributed by atoms with van der Waals surface area (Å²) in [5.74, 6) is 0.170. The lowest BCUT2D eigenvalue weighted by atomic mass is 9.99. The third-order valence-electron chi connectivity index (χ3n) is 3.97. The van der Waals surface area contributed by atoms with Crippen LogP contribution in [0.15, 0.2) is 29.2 Å². The highest BCUT2D eigenvalue weighted by atomic mass is 32.2. The first-order valence-electron chi connectivity index (χ1n) is 8.19. The summed E-state index contributed by atoms with van der Waals surface area (Å²) < 4.78 is 32.3. The fourth-order valence-electron chi connectivity index (χ4n) is 2.74. The van der Waals surface area contributed by atoms with Gasteiger partial charge in [-0.25, -0.2) is 8.42 Å². The number of hydrogen-bond acceptors (Lipinski definition) is 5. The molecule has 0 aliphatic carbocycles. The second-order valence-corrected chi connectivity index (χ2v) is 7.62. The zero-order valence-corrected chi connectivity index (χ0v) is 14.7. The predicted molar refractivity (Wildman–Crippen MR) is 91.2 cm³/mol. The summed E-state index contributed by atoms with van der Waals surface area (Å²) in [7, 11) is -3.61. The number of piperidine rings is 1. The van der Waals surface area contributed by atoms with Crippen molar-refractivity contribution >= 4 is 15.9 Å². The number of nitrogens with one attached hydrogen (secondary N) is 1. The number of benzene rings is 1. The number of carbonyl (C=O) groups excluding carboxylic acids is 1. The monoisotopic (exact) mass is 355 g/mol. The average Bonchev–Trinajstić information content (AvgIpc) is 2.60. The van der Waals surface area contributed by atoms with Crippen molar-refractivity contribution in [2.24, 2.45) is 11.7 Å². The van der Waals surface area contributed by atoms with Gasteiger partial charge in [-0.15, -0.1) is 0 Å². The van der Waals surface area contributed by atoms with Crippen LogP contribution in [0.2, 0.25) is 0 Å². The number of rotatable bonds is 7. The summed E-state index contributed by atoms with van der Waals surface area (Å²) in [4.78, 5) is 12.3. The van der Waals surface area contributed by atoms with E-state index in [1.165, 1.54) is 4.31 Å². The van der Waals surface area contributed by atoms with Gasteiger partial charge in [-0.2, -0.15) is 4.31 Å². The molecular formula is C16H25N3O4S. The van der Waals surface area contributed by atoms with Crippen LogP contribution < -0.4 is 15.8 Å². The van der Waals surface area contributed by atoms with Gasteiger partial charge in [-0.3, -0.25) is 4.79 Å². The largest absolute Gasteiger partial charge is 0.494 e. The Hall–Kier alpha value is -1.64. The van der Waals surface area contributed by atoms with Crippen molar-refractivity contribution < 1.29 is 17.9 Å². The molecule has 0 saturated carbocycles. The van der Waals surface area contributed by atoms with Crippen molar-refractivity contribution in [2.75, 3.05) is 32.8 Å². The van der Waals surface area contributed by atoms with Crippen molar-refractivity contribution in [1.29, 1.82) is 0 Å². The zero-order valence-electron chi connectivity index (χ0n) is 13.9. The van der Waals surface area contributed by atoms with Gasteiger partial charge in [0.25, 0.3) is 0 Å². The summed E-state index contributed by atoms with van der Waals surface area (Å²) >= 11 is 0. The van der Waals surface area contributed by atoms with Gasteiger partial charge >= 0.3 is 0 Å². The fraction of sp³-hybridized carbons (Fsp3) is 0.562. The maximum absolute atomic E-state index is 12.8. The molecule has 1 saturated heterocycles. The highest BCUT2D eigenvalue weighted by Gasteiger charge is 2.33.